The van der Waals surface area contributed by atoms with E-state index in [0.717, 1.165) is 42.6 Å². The van der Waals surface area contributed by atoms with Gasteiger partial charge in [0, 0.05) is 42.8 Å². The summed E-state index contributed by atoms with van der Waals surface area (Å²) >= 11 is 1.43. The maximum Gasteiger partial charge on any atom is 0.490 e. The number of carboxylic acids is 1. The number of carboxylic acid groups (broad SMARTS) is 1. The van der Waals surface area contributed by atoms with Gasteiger partial charge in [-0.05, 0) is 24.5 Å². The highest BCUT2D eigenvalue weighted by molar-refractivity contribution is 7.09. The van der Waals surface area contributed by atoms with E-state index in [1.165, 1.54) is 22.7 Å². The second-order valence-corrected chi connectivity index (χ2v) is 8.06. The molecule has 1 aromatic heterocycles. The number of anilines is 1. The molecule has 2 heterocycles. The SMILES string of the molecule is CC(CNc1nc(-c2ccccc2)ns1)N1CCc2ccccc2C1.O=C(O)C(F)(F)F. The van der Waals surface area contributed by atoms with Crippen LogP contribution in [-0.2, 0) is 17.8 Å². The van der Waals surface area contributed by atoms with Crippen LogP contribution in [0.25, 0.3) is 11.4 Å². The molecule has 170 valence electrons. The van der Waals surface area contributed by atoms with Gasteiger partial charge in [-0.3, -0.25) is 4.90 Å². The van der Waals surface area contributed by atoms with E-state index in [9.17, 15) is 13.2 Å². The van der Waals surface area contributed by atoms with Gasteiger partial charge in [0.15, 0.2) is 5.82 Å². The smallest absolute Gasteiger partial charge is 0.475 e. The fraction of sp³-hybridized carbons (Fsp3) is 0.318. The highest BCUT2D eigenvalue weighted by Crippen LogP contribution is 2.22. The lowest BCUT2D eigenvalue weighted by Crippen LogP contribution is -2.41. The Kier molecular flexibility index (Phi) is 7.81. The average molecular weight is 465 g/mol. The van der Waals surface area contributed by atoms with Gasteiger partial charge in [-0.15, -0.1) is 0 Å². The molecule has 4 rings (SSSR count). The fourth-order valence-corrected chi connectivity index (χ4v) is 3.85. The van der Waals surface area contributed by atoms with Crippen molar-refractivity contribution < 1.29 is 23.1 Å². The van der Waals surface area contributed by atoms with Crippen molar-refractivity contribution in [3.05, 3.63) is 65.7 Å². The van der Waals surface area contributed by atoms with E-state index in [2.05, 4.69) is 50.8 Å². The molecule has 0 fully saturated rings. The summed E-state index contributed by atoms with van der Waals surface area (Å²) in [7, 11) is 0. The molecule has 0 bridgehead atoms. The van der Waals surface area contributed by atoms with E-state index in [1.54, 1.807) is 0 Å². The first-order valence-electron chi connectivity index (χ1n) is 9.98. The maximum absolute atomic E-state index is 10.6. The average Bonchev–Trinajstić information content (AvgIpc) is 3.26. The number of aromatic nitrogens is 2. The molecular weight excluding hydrogens is 441 g/mol. The highest BCUT2D eigenvalue weighted by Gasteiger charge is 2.38. The minimum Gasteiger partial charge on any atom is -0.475 e. The van der Waals surface area contributed by atoms with Crippen LogP contribution in [0.4, 0.5) is 18.3 Å². The topological polar surface area (TPSA) is 78.4 Å². The zero-order valence-corrected chi connectivity index (χ0v) is 18.2. The molecule has 2 aromatic carbocycles. The second-order valence-electron chi connectivity index (χ2n) is 7.31. The van der Waals surface area contributed by atoms with Crippen LogP contribution in [-0.4, -0.2) is 50.6 Å². The molecule has 0 saturated heterocycles. The van der Waals surface area contributed by atoms with E-state index in [-0.39, 0.29) is 0 Å². The van der Waals surface area contributed by atoms with Crippen molar-refractivity contribution in [2.45, 2.75) is 32.1 Å². The number of fused-ring (bicyclic) bond motifs is 1. The first kappa shape index (κ1) is 23.7. The predicted molar refractivity (Wildman–Crippen MR) is 118 cm³/mol. The van der Waals surface area contributed by atoms with Crippen LogP contribution < -0.4 is 5.32 Å². The summed E-state index contributed by atoms with van der Waals surface area (Å²) in [5.41, 5.74) is 4.02. The summed E-state index contributed by atoms with van der Waals surface area (Å²) in [5, 5.41) is 11.5. The lowest BCUT2D eigenvalue weighted by molar-refractivity contribution is -0.192. The third kappa shape index (κ3) is 6.51. The number of halogens is 3. The number of hydrogen-bond donors (Lipinski definition) is 2. The standard InChI is InChI=1S/C20H22N4S.C2HF3O2/c1-15(24-12-11-16-7-5-6-10-18(16)14-24)13-21-20-22-19(23-25-20)17-8-3-2-4-9-17;3-2(4,5)1(6)7/h2-10,15H,11-14H2,1H3,(H,21,22,23);(H,6,7). The summed E-state index contributed by atoms with van der Waals surface area (Å²) in [5.74, 6) is -1.96. The molecule has 1 aliphatic rings. The Morgan fingerprint density at radius 1 is 1.16 bits per heavy atom. The van der Waals surface area contributed by atoms with Gasteiger partial charge < -0.3 is 10.4 Å². The van der Waals surface area contributed by atoms with Gasteiger partial charge in [-0.1, -0.05) is 54.6 Å². The zero-order chi connectivity index (χ0) is 23.1. The first-order chi connectivity index (χ1) is 15.2. The molecule has 0 aliphatic carbocycles. The molecule has 10 heteroatoms. The lowest BCUT2D eigenvalue weighted by atomic mass is 9.99. The van der Waals surface area contributed by atoms with Crippen molar-refractivity contribution in [2.75, 3.05) is 18.4 Å². The number of carbonyl (C=O) groups is 1. The Balaban J connectivity index is 0.000000360. The Labute approximate surface area is 187 Å². The number of nitrogens with zero attached hydrogens (tertiary/aromatic N) is 3. The van der Waals surface area contributed by atoms with E-state index >= 15 is 0 Å². The van der Waals surface area contributed by atoms with Crippen LogP contribution in [0.2, 0.25) is 0 Å². The largest absolute Gasteiger partial charge is 0.490 e. The van der Waals surface area contributed by atoms with Crippen LogP contribution in [0, 0.1) is 0 Å². The minimum atomic E-state index is -5.08. The number of hydrogen-bond acceptors (Lipinski definition) is 6. The lowest BCUT2D eigenvalue weighted by Gasteiger charge is -2.33. The molecule has 1 unspecified atom stereocenters. The molecule has 2 N–H and O–H groups in total. The first-order valence-corrected chi connectivity index (χ1v) is 10.8. The molecule has 3 aromatic rings. The minimum absolute atomic E-state index is 0.456. The quantitative estimate of drug-likeness (QED) is 0.570. The fourth-order valence-electron chi connectivity index (χ4n) is 3.26. The number of benzene rings is 2. The Hall–Kier alpha value is -2.98. The molecule has 32 heavy (non-hydrogen) atoms. The van der Waals surface area contributed by atoms with Crippen LogP contribution in [0.15, 0.2) is 54.6 Å². The normalized spacial score (nSPS) is 14.6. The number of alkyl halides is 3. The van der Waals surface area contributed by atoms with E-state index in [4.69, 9.17) is 9.90 Å². The number of rotatable bonds is 5. The van der Waals surface area contributed by atoms with Crippen LogP contribution in [0.1, 0.15) is 18.1 Å². The van der Waals surface area contributed by atoms with E-state index < -0.39 is 12.1 Å². The Morgan fingerprint density at radius 2 is 1.78 bits per heavy atom. The summed E-state index contributed by atoms with van der Waals surface area (Å²) in [6, 6.07) is 19.3. The summed E-state index contributed by atoms with van der Waals surface area (Å²) in [4.78, 5) is 16.0. The van der Waals surface area contributed by atoms with Crippen LogP contribution in [0.5, 0.6) is 0 Å². The van der Waals surface area contributed by atoms with Gasteiger partial charge in [0.1, 0.15) is 0 Å². The van der Waals surface area contributed by atoms with Crippen LogP contribution in [0.3, 0.4) is 0 Å². The predicted octanol–water partition coefficient (Wildman–Crippen LogP) is 4.70. The highest BCUT2D eigenvalue weighted by atomic mass is 32.1. The summed E-state index contributed by atoms with van der Waals surface area (Å²) in [6.07, 6.45) is -3.95. The molecular formula is C22H23F3N4O2S. The van der Waals surface area contributed by atoms with Gasteiger partial charge in [0.05, 0.1) is 0 Å². The second kappa shape index (κ2) is 10.6. The van der Waals surface area contributed by atoms with Crippen molar-refractivity contribution in [1.29, 1.82) is 0 Å². The van der Waals surface area contributed by atoms with Gasteiger partial charge in [-0.2, -0.15) is 22.5 Å². The van der Waals surface area contributed by atoms with Gasteiger partial charge in [0.2, 0.25) is 5.13 Å². The summed E-state index contributed by atoms with van der Waals surface area (Å²) in [6.45, 7) is 5.31. The Morgan fingerprint density at radius 3 is 2.44 bits per heavy atom. The number of aliphatic carboxylic acids is 1. The van der Waals surface area contributed by atoms with E-state index in [0.29, 0.717) is 6.04 Å². The molecule has 1 atom stereocenters. The molecule has 0 radical (unpaired) electrons. The monoisotopic (exact) mass is 464 g/mol. The summed E-state index contributed by atoms with van der Waals surface area (Å²) < 4.78 is 36.2. The third-order valence-electron chi connectivity index (χ3n) is 5.03. The van der Waals surface area contributed by atoms with Gasteiger partial charge in [0.25, 0.3) is 0 Å². The third-order valence-corrected chi connectivity index (χ3v) is 5.71. The Bertz CT molecular complexity index is 1030. The van der Waals surface area contributed by atoms with Gasteiger partial charge >= 0.3 is 12.1 Å². The van der Waals surface area contributed by atoms with Crippen molar-refractivity contribution >= 4 is 22.6 Å². The zero-order valence-electron chi connectivity index (χ0n) is 17.3. The molecule has 6 nitrogen and oxygen atoms in total. The van der Waals surface area contributed by atoms with Crippen molar-refractivity contribution in [3.63, 3.8) is 0 Å². The molecule has 0 spiro atoms. The van der Waals surface area contributed by atoms with E-state index in [1.807, 2.05) is 30.3 Å². The molecule has 0 amide bonds. The number of nitrogens with one attached hydrogen (secondary N) is 1. The maximum atomic E-state index is 10.6. The van der Waals surface area contributed by atoms with Gasteiger partial charge in [-0.25, -0.2) is 4.79 Å². The molecule has 1 aliphatic heterocycles. The molecule has 0 saturated carbocycles. The van der Waals surface area contributed by atoms with Crippen LogP contribution >= 0.6 is 11.5 Å². The van der Waals surface area contributed by atoms with Crippen molar-refractivity contribution in [1.82, 2.24) is 14.3 Å². The van der Waals surface area contributed by atoms with Crippen molar-refractivity contribution in [3.8, 4) is 11.4 Å². The van der Waals surface area contributed by atoms with Crippen molar-refractivity contribution in [2.24, 2.45) is 0 Å².